The van der Waals surface area contributed by atoms with Gasteiger partial charge in [0.1, 0.15) is 11.6 Å². The fourth-order valence-corrected chi connectivity index (χ4v) is 4.11. The SMILES string of the molecule is Cc1nccn1-c1ccc2c(c1)nc1n2CCN(C2CCC2)CC1. The van der Waals surface area contributed by atoms with E-state index >= 15 is 0 Å². The van der Waals surface area contributed by atoms with Crippen molar-refractivity contribution in [3.63, 3.8) is 0 Å². The molecule has 1 aliphatic carbocycles. The van der Waals surface area contributed by atoms with Gasteiger partial charge in [0.2, 0.25) is 0 Å². The van der Waals surface area contributed by atoms with E-state index in [2.05, 4.69) is 37.2 Å². The van der Waals surface area contributed by atoms with Gasteiger partial charge in [-0.25, -0.2) is 9.97 Å². The summed E-state index contributed by atoms with van der Waals surface area (Å²) >= 11 is 0. The van der Waals surface area contributed by atoms with Gasteiger partial charge in [-0.1, -0.05) is 6.42 Å². The molecule has 0 unspecified atom stereocenters. The number of benzene rings is 1. The van der Waals surface area contributed by atoms with Crippen LogP contribution in [0.2, 0.25) is 0 Å². The normalized spacial score (nSPS) is 19.2. The average molecular weight is 321 g/mol. The van der Waals surface area contributed by atoms with Crippen molar-refractivity contribution < 1.29 is 0 Å². The lowest BCUT2D eigenvalue weighted by molar-refractivity contribution is 0.130. The maximum absolute atomic E-state index is 4.95. The molecular weight excluding hydrogens is 298 g/mol. The van der Waals surface area contributed by atoms with E-state index in [1.165, 1.54) is 30.6 Å². The molecule has 5 rings (SSSR count). The molecule has 24 heavy (non-hydrogen) atoms. The van der Waals surface area contributed by atoms with Crippen molar-refractivity contribution in [2.24, 2.45) is 0 Å². The summed E-state index contributed by atoms with van der Waals surface area (Å²) in [5.41, 5.74) is 3.51. The maximum atomic E-state index is 4.95. The van der Waals surface area contributed by atoms with Gasteiger partial charge < -0.3 is 9.13 Å². The highest BCUT2D eigenvalue weighted by Gasteiger charge is 2.27. The first-order chi connectivity index (χ1) is 11.8. The predicted octanol–water partition coefficient (Wildman–Crippen LogP) is 2.94. The van der Waals surface area contributed by atoms with Gasteiger partial charge in [0.25, 0.3) is 0 Å². The fourth-order valence-electron chi connectivity index (χ4n) is 4.11. The molecular formula is C19H23N5. The second-order valence-corrected chi connectivity index (χ2v) is 7.07. The molecule has 0 saturated heterocycles. The molecule has 1 fully saturated rings. The molecule has 0 N–H and O–H groups in total. The number of hydrogen-bond acceptors (Lipinski definition) is 3. The van der Waals surface area contributed by atoms with Gasteiger partial charge in [0, 0.05) is 50.2 Å². The van der Waals surface area contributed by atoms with Gasteiger partial charge in [0.15, 0.2) is 0 Å². The molecule has 0 radical (unpaired) electrons. The Labute approximate surface area is 141 Å². The Morgan fingerprint density at radius 1 is 1.12 bits per heavy atom. The van der Waals surface area contributed by atoms with Crippen molar-refractivity contribution in [3.8, 4) is 5.69 Å². The zero-order valence-corrected chi connectivity index (χ0v) is 14.1. The molecule has 124 valence electrons. The third-order valence-corrected chi connectivity index (χ3v) is 5.74. The topological polar surface area (TPSA) is 38.9 Å². The van der Waals surface area contributed by atoms with E-state index in [9.17, 15) is 0 Å². The standard InChI is InChI=1S/C19H23N5/c1-14-20-8-10-23(14)16-5-6-18-17(13-16)21-19-7-9-22(11-12-24(18)19)15-3-2-4-15/h5-6,8,10,13,15H,2-4,7,9,11-12H2,1H3. The van der Waals surface area contributed by atoms with E-state index in [0.29, 0.717) is 0 Å². The average Bonchev–Trinajstić information content (AvgIpc) is 3.05. The van der Waals surface area contributed by atoms with Crippen molar-refractivity contribution in [2.45, 2.75) is 45.2 Å². The number of hydrogen-bond donors (Lipinski definition) is 0. The van der Waals surface area contributed by atoms with Crippen LogP contribution in [0, 0.1) is 6.92 Å². The van der Waals surface area contributed by atoms with Gasteiger partial charge in [-0.2, -0.15) is 0 Å². The van der Waals surface area contributed by atoms with Gasteiger partial charge in [-0.15, -0.1) is 0 Å². The molecule has 3 aromatic rings. The van der Waals surface area contributed by atoms with Crippen molar-refractivity contribution >= 4 is 11.0 Å². The van der Waals surface area contributed by atoms with E-state index < -0.39 is 0 Å². The van der Waals surface area contributed by atoms with Crippen LogP contribution in [0.15, 0.2) is 30.6 Å². The summed E-state index contributed by atoms with van der Waals surface area (Å²) < 4.78 is 4.54. The van der Waals surface area contributed by atoms with Crippen LogP contribution in [0.4, 0.5) is 0 Å². The quantitative estimate of drug-likeness (QED) is 0.728. The second-order valence-electron chi connectivity index (χ2n) is 7.07. The Morgan fingerprint density at radius 2 is 2.04 bits per heavy atom. The minimum Gasteiger partial charge on any atom is -0.327 e. The molecule has 3 heterocycles. The van der Waals surface area contributed by atoms with Gasteiger partial charge in [-0.3, -0.25) is 4.90 Å². The third-order valence-electron chi connectivity index (χ3n) is 5.74. The van der Waals surface area contributed by atoms with Crippen molar-refractivity contribution in [1.29, 1.82) is 0 Å². The Kier molecular flexibility index (Phi) is 3.23. The summed E-state index contributed by atoms with van der Waals surface area (Å²) in [6.45, 7) is 5.40. The smallest absolute Gasteiger partial charge is 0.111 e. The minimum atomic E-state index is 0.830. The molecule has 0 spiro atoms. The highest BCUT2D eigenvalue weighted by atomic mass is 15.2. The van der Waals surface area contributed by atoms with E-state index in [-0.39, 0.29) is 0 Å². The largest absolute Gasteiger partial charge is 0.327 e. The Morgan fingerprint density at radius 3 is 2.79 bits per heavy atom. The Balaban J connectivity index is 1.49. The summed E-state index contributed by atoms with van der Waals surface area (Å²) in [7, 11) is 0. The molecule has 1 aromatic carbocycles. The van der Waals surface area contributed by atoms with Crippen LogP contribution in [0.5, 0.6) is 0 Å². The molecule has 1 saturated carbocycles. The molecule has 5 heteroatoms. The molecule has 5 nitrogen and oxygen atoms in total. The summed E-state index contributed by atoms with van der Waals surface area (Å²) in [6.07, 6.45) is 9.09. The van der Waals surface area contributed by atoms with E-state index in [1.807, 2.05) is 19.3 Å². The molecule has 0 bridgehead atoms. The van der Waals surface area contributed by atoms with Gasteiger partial charge in [-0.05, 0) is 38.0 Å². The van der Waals surface area contributed by atoms with Crippen LogP contribution in [0.3, 0.4) is 0 Å². The number of imidazole rings is 2. The predicted molar refractivity (Wildman–Crippen MR) is 94.5 cm³/mol. The van der Waals surface area contributed by atoms with Crippen LogP contribution < -0.4 is 0 Å². The Hall–Kier alpha value is -2.14. The lowest BCUT2D eigenvalue weighted by Gasteiger charge is -2.36. The van der Waals surface area contributed by atoms with Gasteiger partial charge in [0.05, 0.1) is 11.0 Å². The highest BCUT2D eigenvalue weighted by Crippen LogP contribution is 2.28. The first-order valence-corrected chi connectivity index (χ1v) is 9.03. The monoisotopic (exact) mass is 321 g/mol. The van der Waals surface area contributed by atoms with Crippen molar-refractivity contribution in [3.05, 3.63) is 42.2 Å². The van der Waals surface area contributed by atoms with Gasteiger partial charge >= 0.3 is 0 Å². The number of aryl methyl sites for hydroxylation is 1. The van der Waals surface area contributed by atoms with Crippen LogP contribution in [0.1, 0.15) is 30.9 Å². The Bertz CT molecular complexity index is 886. The molecule has 2 aliphatic rings. The number of rotatable bonds is 2. The van der Waals surface area contributed by atoms with Crippen LogP contribution in [-0.4, -0.2) is 43.1 Å². The number of aromatic nitrogens is 4. The van der Waals surface area contributed by atoms with E-state index in [4.69, 9.17) is 4.98 Å². The highest BCUT2D eigenvalue weighted by molar-refractivity contribution is 5.78. The zero-order valence-electron chi connectivity index (χ0n) is 14.1. The molecule has 2 aromatic heterocycles. The van der Waals surface area contributed by atoms with Crippen LogP contribution in [0.25, 0.3) is 16.7 Å². The third kappa shape index (κ3) is 2.18. The first-order valence-electron chi connectivity index (χ1n) is 9.03. The first kappa shape index (κ1) is 14.2. The molecule has 1 aliphatic heterocycles. The van der Waals surface area contributed by atoms with Crippen molar-refractivity contribution in [2.75, 3.05) is 13.1 Å². The van der Waals surface area contributed by atoms with E-state index in [1.54, 1.807) is 0 Å². The summed E-state index contributed by atoms with van der Waals surface area (Å²) in [5.74, 6) is 2.25. The van der Waals surface area contributed by atoms with Crippen molar-refractivity contribution in [1.82, 2.24) is 24.0 Å². The van der Waals surface area contributed by atoms with Crippen LogP contribution in [-0.2, 0) is 13.0 Å². The summed E-state index contributed by atoms with van der Waals surface area (Å²) in [4.78, 5) is 11.9. The number of nitrogens with zero attached hydrogens (tertiary/aromatic N) is 5. The maximum Gasteiger partial charge on any atom is 0.111 e. The summed E-state index contributed by atoms with van der Waals surface area (Å²) in [5, 5.41) is 0. The molecule has 0 atom stereocenters. The minimum absolute atomic E-state index is 0.830. The lowest BCUT2D eigenvalue weighted by atomic mass is 9.91. The lowest BCUT2D eigenvalue weighted by Crippen LogP contribution is -2.41. The number of fused-ring (bicyclic) bond motifs is 3. The summed E-state index contributed by atoms with van der Waals surface area (Å²) in [6, 6.07) is 7.42. The van der Waals surface area contributed by atoms with E-state index in [0.717, 1.165) is 49.1 Å². The molecule has 0 amide bonds. The zero-order chi connectivity index (χ0) is 16.1. The van der Waals surface area contributed by atoms with Crippen LogP contribution >= 0.6 is 0 Å². The fraction of sp³-hybridized carbons (Fsp3) is 0.474. The second kappa shape index (κ2) is 5.45.